The third-order valence-corrected chi connectivity index (χ3v) is 3.30. The lowest BCUT2D eigenvalue weighted by molar-refractivity contribution is 0.154. The summed E-state index contributed by atoms with van der Waals surface area (Å²) >= 11 is 0. The molecule has 0 amide bonds. The molecule has 0 N–H and O–H groups in total. The summed E-state index contributed by atoms with van der Waals surface area (Å²) in [5.41, 5.74) is 0. The molecule has 0 aromatic heterocycles. The number of rotatable bonds is 2. The lowest BCUT2D eigenvalue weighted by Crippen LogP contribution is -2.07. The largest absolute Gasteiger partial charge is 0.381 e. The topological polar surface area (TPSA) is 43.4 Å². The first-order valence-corrected chi connectivity index (χ1v) is 5.13. The maximum Gasteiger partial charge on any atom is 0.302 e. The van der Waals surface area contributed by atoms with Crippen molar-refractivity contribution >= 4 is 10.2 Å². The minimum Gasteiger partial charge on any atom is -0.381 e. The van der Waals surface area contributed by atoms with Gasteiger partial charge in [-0.15, -0.1) is 3.89 Å². The quantitative estimate of drug-likeness (QED) is 0.569. The minimum atomic E-state index is -4.26. The van der Waals surface area contributed by atoms with Crippen molar-refractivity contribution in [2.45, 2.75) is 0 Å². The van der Waals surface area contributed by atoms with Crippen LogP contribution in [0.3, 0.4) is 0 Å². The SMILES string of the molecule is O=S(=O)(F)CC1C2COCC21. The molecule has 2 unspecified atom stereocenters. The van der Waals surface area contributed by atoms with Crippen molar-refractivity contribution in [3.05, 3.63) is 0 Å². The van der Waals surface area contributed by atoms with E-state index >= 15 is 0 Å². The molecule has 1 saturated heterocycles. The van der Waals surface area contributed by atoms with Crippen LogP contribution in [0.4, 0.5) is 3.89 Å². The molecular weight excluding hydrogens is 171 g/mol. The Balaban J connectivity index is 1.93. The van der Waals surface area contributed by atoms with Crippen LogP contribution in [-0.4, -0.2) is 27.4 Å². The average Bonchev–Trinajstić information content (AvgIpc) is 2.39. The molecule has 3 nitrogen and oxygen atoms in total. The van der Waals surface area contributed by atoms with E-state index in [9.17, 15) is 12.3 Å². The molecule has 1 saturated carbocycles. The Morgan fingerprint density at radius 1 is 1.36 bits per heavy atom. The normalized spacial score (nSPS) is 42.1. The maximum atomic E-state index is 12.1. The van der Waals surface area contributed by atoms with E-state index in [1.165, 1.54) is 0 Å². The predicted octanol–water partition coefficient (Wildman–Crippen LogP) is 0.178. The van der Waals surface area contributed by atoms with Crippen molar-refractivity contribution in [2.75, 3.05) is 19.0 Å². The minimum absolute atomic E-state index is 0.0405. The molecule has 0 spiro atoms. The van der Waals surface area contributed by atoms with Crippen LogP contribution in [0.2, 0.25) is 0 Å². The third kappa shape index (κ3) is 1.39. The van der Waals surface area contributed by atoms with Gasteiger partial charge in [-0.25, -0.2) is 0 Å². The van der Waals surface area contributed by atoms with Gasteiger partial charge in [0, 0.05) is 0 Å². The van der Waals surface area contributed by atoms with Crippen molar-refractivity contribution in [3.63, 3.8) is 0 Å². The van der Waals surface area contributed by atoms with Crippen LogP contribution in [0.25, 0.3) is 0 Å². The summed E-state index contributed by atoms with van der Waals surface area (Å²) in [6, 6.07) is 0. The third-order valence-electron chi connectivity index (χ3n) is 2.52. The molecule has 64 valence electrons. The Hall–Kier alpha value is -0.160. The van der Waals surface area contributed by atoms with Crippen molar-refractivity contribution in [2.24, 2.45) is 17.8 Å². The van der Waals surface area contributed by atoms with Gasteiger partial charge in [0.15, 0.2) is 0 Å². The van der Waals surface area contributed by atoms with E-state index in [1.807, 2.05) is 0 Å². The monoisotopic (exact) mass is 180 g/mol. The van der Waals surface area contributed by atoms with Crippen molar-refractivity contribution in [1.29, 1.82) is 0 Å². The van der Waals surface area contributed by atoms with Gasteiger partial charge in [0.25, 0.3) is 0 Å². The fraction of sp³-hybridized carbons (Fsp3) is 1.00. The van der Waals surface area contributed by atoms with Crippen LogP contribution in [0, 0.1) is 17.8 Å². The summed E-state index contributed by atoms with van der Waals surface area (Å²) in [4.78, 5) is 0. The molecule has 0 aromatic rings. The Bertz CT molecular complexity index is 251. The number of halogens is 1. The first kappa shape index (κ1) is 7.49. The highest BCUT2D eigenvalue weighted by atomic mass is 32.3. The lowest BCUT2D eigenvalue weighted by atomic mass is 10.3. The smallest absolute Gasteiger partial charge is 0.302 e. The number of fused-ring (bicyclic) bond motifs is 1. The van der Waals surface area contributed by atoms with Crippen LogP contribution in [-0.2, 0) is 15.0 Å². The van der Waals surface area contributed by atoms with Crippen LogP contribution >= 0.6 is 0 Å². The predicted molar refractivity (Wildman–Crippen MR) is 36.2 cm³/mol. The second kappa shape index (κ2) is 2.17. The van der Waals surface area contributed by atoms with E-state index in [-0.39, 0.29) is 11.7 Å². The summed E-state index contributed by atoms with van der Waals surface area (Å²) in [6.07, 6.45) is 0. The van der Waals surface area contributed by atoms with E-state index in [0.717, 1.165) is 0 Å². The van der Waals surface area contributed by atoms with Gasteiger partial charge in [-0.3, -0.25) is 0 Å². The maximum absolute atomic E-state index is 12.1. The molecule has 1 aliphatic heterocycles. The Labute approximate surface area is 64.8 Å². The van der Waals surface area contributed by atoms with Crippen LogP contribution in [0.1, 0.15) is 0 Å². The molecule has 2 aliphatic rings. The molecule has 2 rings (SSSR count). The Morgan fingerprint density at radius 3 is 2.36 bits per heavy atom. The van der Waals surface area contributed by atoms with E-state index in [4.69, 9.17) is 4.74 Å². The summed E-state index contributed by atoms with van der Waals surface area (Å²) in [5, 5.41) is 0. The van der Waals surface area contributed by atoms with E-state index in [1.54, 1.807) is 0 Å². The highest BCUT2D eigenvalue weighted by Gasteiger charge is 2.55. The van der Waals surface area contributed by atoms with Gasteiger partial charge in [0.2, 0.25) is 0 Å². The molecule has 1 heterocycles. The van der Waals surface area contributed by atoms with Gasteiger partial charge in [-0.1, -0.05) is 0 Å². The molecule has 2 fully saturated rings. The molecule has 0 radical (unpaired) electrons. The first-order valence-electron chi connectivity index (χ1n) is 3.58. The molecule has 0 bridgehead atoms. The summed E-state index contributed by atoms with van der Waals surface area (Å²) in [6.45, 7) is 1.23. The fourth-order valence-corrected chi connectivity index (χ4v) is 2.79. The van der Waals surface area contributed by atoms with Gasteiger partial charge >= 0.3 is 10.2 Å². The summed E-state index contributed by atoms with van der Waals surface area (Å²) in [7, 11) is -4.26. The van der Waals surface area contributed by atoms with Crippen LogP contribution < -0.4 is 0 Å². The second-order valence-corrected chi connectivity index (χ2v) is 4.65. The van der Waals surface area contributed by atoms with Gasteiger partial charge in [0.05, 0.1) is 19.0 Å². The van der Waals surface area contributed by atoms with Crippen molar-refractivity contribution < 1.29 is 17.0 Å². The van der Waals surface area contributed by atoms with E-state index in [0.29, 0.717) is 25.0 Å². The van der Waals surface area contributed by atoms with Crippen molar-refractivity contribution in [1.82, 2.24) is 0 Å². The number of hydrogen-bond donors (Lipinski definition) is 0. The Morgan fingerprint density at radius 2 is 1.91 bits per heavy atom. The highest BCUT2D eigenvalue weighted by molar-refractivity contribution is 7.86. The zero-order valence-electron chi connectivity index (χ0n) is 5.86. The van der Waals surface area contributed by atoms with Crippen LogP contribution in [0.15, 0.2) is 0 Å². The van der Waals surface area contributed by atoms with Crippen molar-refractivity contribution in [3.8, 4) is 0 Å². The van der Waals surface area contributed by atoms with Gasteiger partial charge in [-0.2, -0.15) is 8.42 Å². The zero-order chi connectivity index (χ0) is 8.06. The van der Waals surface area contributed by atoms with Gasteiger partial charge in [-0.05, 0) is 17.8 Å². The summed E-state index contributed by atoms with van der Waals surface area (Å²) in [5.74, 6) is 0.380. The Kier molecular flexibility index (Phi) is 1.47. The molecule has 1 aliphatic carbocycles. The van der Waals surface area contributed by atoms with Gasteiger partial charge < -0.3 is 4.74 Å². The van der Waals surface area contributed by atoms with Gasteiger partial charge in [0.1, 0.15) is 0 Å². The molecule has 0 aromatic carbocycles. The average molecular weight is 180 g/mol. The second-order valence-electron chi connectivity index (χ2n) is 3.23. The highest BCUT2D eigenvalue weighted by Crippen LogP contribution is 2.51. The molecule has 5 heteroatoms. The van der Waals surface area contributed by atoms with E-state index < -0.39 is 10.2 Å². The fourth-order valence-electron chi connectivity index (χ4n) is 1.84. The molecular formula is C6H9FO3S. The summed E-state index contributed by atoms with van der Waals surface area (Å²) < 4.78 is 37.6. The lowest BCUT2D eigenvalue weighted by Gasteiger charge is -1.99. The molecule has 2 atom stereocenters. The number of ether oxygens (including phenoxy) is 1. The standard InChI is InChI=1S/C6H9FO3S/c7-11(8,9)3-6-4-1-10-2-5(4)6/h4-6H,1-3H2. The zero-order valence-corrected chi connectivity index (χ0v) is 6.68. The molecule has 11 heavy (non-hydrogen) atoms. The number of hydrogen-bond acceptors (Lipinski definition) is 3. The van der Waals surface area contributed by atoms with Crippen LogP contribution in [0.5, 0.6) is 0 Å². The van der Waals surface area contributed by atoms with E-state index in [2.05, 4.69) is 0 Å². The first-order chi connectivity index (χ1) is 5.08.